The van der Waals surface area contributed by atoms with Gasteiger partial charge < -0.3 is 9.84 Å². The molecule has 0 aliphatic carbocycles. The number of aromatic amines is 1. The molecule has 1 aliphatic heterocycles. The normalized spacial score (nSPS) is 17.3. The Kier molecular flexibility index (Phi) is 3.66. The average Bonchev–Trinajstić information content (AvgIpc) is 2.90. The number of hydrogen-bond acceptors (Lipinski definition) is 4. The van der Waals surface area contributed by atoms with Crippen molar-refractivity contribution in [1.82, 2.24) is 10.2 Å². The van der Waals surface area contributed by atoms with E-state index >= 15 is 0 Å². The van der Waals surface area contributed by atoms with Crippen molar-refractivity contribution in [3.05, 3.63) is 32.8 Å². The van der Waals surface area contributed by atoms with E-state index in [-0.39, 0.29) is 17.8 Å². The molecule has 0 unspecified atom stereocenters. The van der Waals surface area contributed by atoms with E-state index in [0.717, 1.165) is 0 Å². The quantitative estimate of drug-likeness (QED) is 0.748. The number of hydrogen-bond donors (Lipinski definition) is 2. The number of phenols is 1. The van der Waals surface area contributed by atoms with Crippen LogP contribution in [-0.4, -0.2) is 33.9 Å². The lowest BCUT2D eigenvalue weighted by Gasteiger charge is -2.30. The molecule has 2 aromatic rings. The molecule has 1 amide bonds. The van der Waals surface area contributed by atoms with Crippen LogP contribution in [0.25, 0.3) is 0 Å². The number of halogens is 2. The minimum atomic E-state index is -0.197. The number of carbonyl (C=O) groups is 1. The van der Waals surface area contributed by atoms with Crippen molar-refractivity contribution in [2.24, 2.45) is 0 Å². The Morgan fingerprint density at radius 3 is 2.81 bits per heavy atom. The van der Waals surface area contributed by atoms with Crippen LogP contribution in [0.15, 0.2) is 27.3 Å². The SMILES string of the molecule is C[C@@H]1CN(C(=O)c2cc(Br)c(O)c(Br)c2)c2[nH]ncc2O1. The Bertz CT molecular complexity index is 693. The van der Waals surface area contributed by atoms with E-state index in [1.54, 1.807) is 23.2 Å². The van der Waals surface area contributed by atoms with Crippen molar-refractivity contribution in [2.75, 3.05) is 11.4 Å². The zero-order valence-corrected chi connectivity index (χ0v) is 14.1. The van der Waals surface area contributed by atoms with Gasteiger partial charge in [0.1, 0.15) is 11.9 Å². The van der Waals surface area contributed by atoms with Gasteiger partial charge in [-0.25, -0.2) is 0 Å². The lowest BCUT2D eigenvalue weighted by atomic mass is 10.1. The van der Waals surface area contributed by atoms with Crippen molar-refractivity contribution in [1.29, 1.82) is 0 Å². The monoisotopic (exact) mass is 415 g/mol. The predicted octanol–water partition coefficient (Wildman–Crippen LogP) is 3.07. The maximum Gasteiger partial charge on any atom is 0.259 e. The lowest BCUT2D eigenvalue weighted by molar-refractivity contribution is 0.0960. The molecule has 1 atom stereocenters. The summed E-state index contributed by atoms with van der Waals surface area (Å²) in [5, 5.41) is 16.4. The first-order valence-corrected chi connectivity index (χ1v) is 7.76. The largest absolute Gasteiger partial charge is 0.506 e. The second-order valence-electron chi connectivity index (χ2n) is 4.72. The van der Waals surface area contributed by atoms with Crippen LogP contribution in [0.3, 0.4) is 0 Å². The van der Waals surface area contributed by atoms with Crippen LogP contribution in [0.5, 0.6) is 11.5 Å². The Labute approximate surface area is 137 Å². The Hall–Kier alpha value is -1.54. The highest BCUT2D eigenvalue weighted by Gasteiger charge is 2.30. The second kappa shape index (κ2) is 5.34. The summed E-state index contributed by atoms with van der Waals surface area (Å²) in [6.45, 7) is 2.31. The number of H-pyrrole nitrogens is 1. The minimum Gasteiger partial charge on any atom is -0.506 e. The first-order chi connectivity index (χ1) is 9.97. The molecule has 3 rings (SSSR count). The maximum atomic E-state index is 12.7. The van der Waals surface area contributed by atoms with Gasteiger partial charge in [0, 0.05) is 5.56 Å². The fourth-order valence-electron chi connectivity index (χ4n) is 2.18. The molecule has 1 aromatic heterocycles. The van der Waals surface area contributed by atoms with E-state index in [1.807, 2.05) is 6.92 Å². The third-order valence-corrected chi connectivity index (χ3v) is 4.34. The highest BCUT2D eigenvalue weighted by Crippen LogP contribution is 2.36. The number of aromatic nitrogens is 2. The van der Waals surface area contributed by atoms with Gasteiger partial charge in [0.2, 0.25) is 0 Å². The zero-order chi connectivity index (χ0) is 15.1. The third kappa shape index (κ3) is 2.53. The standard InChI is InChI=1S/C13H11Br2N3O3/c1-6-5-18(12-10(21-6)4-16-17-12)13(20)7-2-8(14)11(19)9(15)3-7/h2-4,6,19H,5H2,1H3,(H,16,17)/t6-/m1/s1. The molecule has 0 bridgehead atoms. The number of nitrogens with one attached hydrogen (secondary N) is 1. The summed E-state index contributed by atoms with van der Waals surface area (Å²) in [7, 11) is 0. The molecule has 0 saturated carbocycles. The summed E-state index contributed by atoms with van der Waals surface area (Å²) >= 11 is 6.46. The molecule has 2 heterocycles. The molecule has 0 radical (unpaired) electrons. The molecule has 0 spiro atoms. The van der Waals surface area contributed by atoms with Crippen molar-refractivity contribution < 1.29 is 14.6 Å². The molecule has 2 N–H and O–H groups in total. The number of amides is 1. The summed E-state index contributed by atoms with van der Waals surface area (Å²) in [6, 6.07) is 3.16. The molecular formula is C13H11Br2N3O3. The van der Waals surface area contributed by atoms with Crippen LogP contribution >= 0.6 is 31.9 Å². The zero-order valence-electron chi connectivity index (χ0n) is 10.9. The van der Waals surface area contributed by atoms with Crippen LogP contribution in [-0.2, 0) is 0 Å². The summed E-state index contributed by atoms with van der Waals surface area (Å²) in [4.78, 5) is 14.3. The number of ether oxygens (including phenoxy) is 1. The van der Waals surface area contributed by atoms with Crippen LogP contribution in [0.4, 0.5) is 5.82 Å². The van der Waals surface area contributed by atoms with Gasteiger partial charge in [0.05, 0.1) is 21.7 Å². The molecule has 0 fully saturated rings. The summed E-state index contributed by atoms with van der Waals surface area (Å²) < 4.78 is 6.51. The Morgan fingerprint density at radius 1 is 1.48 bits per heavy atom. The highest BCUT2D eigenvalue weighted by molar-refractivity contribution is 9.11. The summed E-state index contributed by atoms with van der Waals surface area (Å²) in [5.41, 5.74) is 0.446. The topological polar surface area (TPSA) is 78.5 Å². The van der Waals surface area contributed by atoms with Crippen molar-refractivity contribution in [3.63, 3.8) is 0 Å². The van der Waals surface area contributed by atoms with Gasteiger partial charge in [-0.2, -0.15) is 5.10 Å². The molecule has 1 aromatic carbocycles. The van der Waals surface area contributed by atoms with Crippen LogP contribution in [0, 0.1) is 0 Å². The molecule has 0 saturated heterocycles. The van der Waals surface area contributed by atoms with Gasteiger partial charge in [-0.05, 0) is 50.9 Å². The Morgan fingerprint density at radius 2 is 2.14 bits per heavy atom. The Balaban J connectivity index is 2.00. The number of aromatic hydroxyl groups is 1. The van der Waals surface area contributed by atoms with Gasteiger partial charge >= 0.3 is 0 Å². The van der Waals surface area contributed by atoms with Crippen molar-refractivity contribution in [3.8, 4) is 11.5 Å². The van der Waals surface area contributed by atoms with E-state index < -0.39 is 0 Å². The lowest BCUT2D eigenvalue weighted by Crippen LogP contribution is -2.42. The molecule has 21 heavy (non-hydrogen) atoms. The van der Waals surface area contributed by atoms with Crippen molar-refractivity contribution >= 4 is 43.6 Å². The first-order valence-electron chi connectivity index (χ1n) is 6.17. The number of benzene rings is 1. The van der Waals surface area contributed by atoms with Crippen molar-refractivity contribution in [2.45, 2.75) is 13.0 Å². The van der Waals surface area contributed by atoms with Crippen LogP contribution in [0.2, 0.25) is 0 Å². The van der Waals surface area contributed by atoms with E-state index in [9.17, 15) is 9.90 Å². The third-order valence-electron chi connectivity index (χ3n) is 3.13. The number of anilines is 1. The van der Waals surface area contributed by atoms with E-state index in [2.05, 4.69) is 42.1 Å². The molecule has 6 nitrogen and oxygen atoms in total. The fraction of sp³-hybridized carbons (Fsp3) is 0.231. The van der Waals surface area contributed by atoms with Crippen LogP contribution < -0.4 is 9.64 Å². The highest BCUT2D eigenvalue weighted by atomic mass is 79.9. The number of fused-ring (bicyclic) bond motifs is 1. The molecular weight excluding hydrogens is 406 g/mol. The minimum absolute atomic E-state index is 0.0594. The van der Waals surface area contributed by atoms with E-state index in [0.29, 0.717) is 32.6 Å². The van der Waals surface area contributed by atoms with Gasteiger partial charge in [0.25, 0.3) is 5.91 Å². The predicted molar refractivity (Wildman–Crippen MR) is 83.9 cm³/mol. The van der Waals surface area contributed by atoms with E-state index in [1.165, 1.54) is 0 Å². The molecule has 110 valence electrons. The smallest absolute Gasteiger partial charge is 0.259 e. The van der Waals surface area contributed by atoms with E-state index in [4.69, 9.17) is 4.74 Å². The second-order valence-corrected chi connectivity index (χ2v) is 6.42. The number of carbonyl (C=O) groups excluding carboxylic acids is 1. The molecule has 8 heteroatoms. The summed E-state index contributed by atoms with van der Waals surface area (Å²) in [5.74, 6) is 0.957. The average molecular weight is 417 g/mol. The van der Waals surface area contributed by atoms with Gasteiger partial charge in [-0.15, -0.1) is 0 Å². The number of phenolic OH excluding ortho intramolecular Hbond substituents is 1. The summed E-state index contributed by atoms with van der Waals surface area (Å²) in [6.07, 6.45) is 1.43. The molecule has 1 aliphatic rings. The van der Waals surface area contributed by atoms with Gasteiger partial charge in [-0.1, -0.05) is 0 Å². The first kappa shape index (κ1) is 14.4. The fourth-order valence-corrected chi connectivity index (χ4v) is 3.37. The number of nitrogens with zero attached hydrogens (tertiary/aromatic N) is 2. The van der Waals surface area contributed by atoms with Gasteiger partial charge in [0.15, 0.2) is 11.6 Å². The number of rotatable bonds is 1. The van der Waals surface area contributed by atoms with Crippen LogP contribution in [0.1, 0.15) is 17.3 Å². The maximum absolute atomic E-state index is 12.7. The van der Waals surface area contributed by atoms with Gasteiger partial charge in [-0.3, -0.25) is 14.8 Å².